The van der Waals surface area contributed by atoms with Gasteiger partial charge in [-0.2, -0.15) is 0 Å². The van der Waals surface area contributed by atoms with Crippen LogP contribution in [0.25, 0.3) is 0 Å². The minimum Gasteiger partial charge on any atom is -0.457 e. The molecule has 2 aliphatic rings. The van der Waals surface area contributed by atoms with Crippen molar-refractivity contribution in [1.82, 2.24) is 9.80 Å². The van der Waals surface area contributed by atoms with E-state index in [0.717, 1.165) is 25.7 Å². The summed E-state index contributed by atoms with van der Waals surface area (Å²) < 4.78 is 25.7. The summed E-state index contributed by atoms with van der Waals surface area (Å²) in [5.74, 6) is 47.3. The first kappa shape index (κ1) is 50.7. The van der Waals surface area contributed by atoms with Crippen LogP contribution >= 0.6 is 0 Å². The average Bonchev–Trinajstić information content (AvgIpc) is 3.32. The maximum absolute atomic E-state index is 13.5. The highest BCUT2D eigenvalue weighted by Crippen LogP contribution is 2.34. The van der Waals surface area contributed by atoms with Crippen molar-refractivity contribution in [3.05, 3.63) is 83.7 Å². The summed E-state index contributed by atoms with van der Waals surface area (Å²) in [4.78, 5) is 29.8. The summed E-state index contributed by atoms with van der Waals surface area (Å²) in [7, 11) is 0. The Labute approximate surface area is 390 Å². The van der Waals surface area contributed by atoms with Gasteiger partial charge in [-0.05, 0) is 213 Å². The predicted molar refractivity (Wildman–Crippen MR) is 255 cm³/mol. The topological polar surface area (TPSA) is 99.5 Å². The molecule has 0 aromatic heterocycles. The Morgan fingerprint density at radius 2 is 1.12 bits per heavy atom. The summed E-state index contributed by atoms with van der Waals surface area (Å²) in [5.41, 5.74) is 0.467. The highest BCUT2D eigenvalue weighted by molar-refractivity contribution is 5.94. The first-order chi connectivity index (χ1) is 32.0. The number of rotatable bonds is 11. The molecule has 1 atom stereocenters. The van der Waals surface area contributed by atoms with Gasteiger partial charge in [0.1, 0.15) is 28.8 Å². The number of piperidine rings is 2. The van der Waals surface area contributed by atoms with E-state index in [4.69, 9.17) is 9.47 Å². The Morgan fingerprint density at radius 3 is 1.56 bits per heavy atom. The molecular formula is C57H51FN2O6. The summed E-state index contributed by atoms with van der Waals surface area (Å²) >= 11 is 0. The van der Waals surface area contributed by atoms with Crippen LogP contribution in [0.3, 0.4) is 0 Å². The third-order valence-electron chi connectivity index (χ3n) is 10.4. The summed E-state index contributed by atoms with van der Waals surface area (Å²) in [5, 5.41) is 21.1. The van der Waals surface area contributed by atoms with Gasteiger partial charge >= 0.3 is 0 Å². The highest BCUT2D eigenvalue weighted by atomic mass is 19.1. The Balaban J connectivity index is 0.000000402. The summed E-state index contributed by atoms with van der Waals surface area (Å²) in [6.45, 7) is 9.67. The molecule has 66 heavy (non-hydrogen) atoms. The standard InChI is InChI=1S/C37H45FN2O6.C20H6/c1-3-26(4-2)24-37(44)15-18-39(19-16-37)35(42)22-27-20-33(23-34(21-27)46-32-13-9-29(38)10-14-32)45-31-11-7-28(8-12-31)36(43)40-17-5-6-30(41)25-40;1-3-5-7-9-11-13-15-17-19-20-18-16-14-12-10-8-6-4-2/h7-14,20-21,23,26,30,41,44H,3-6,15-19,22,24-25H2,1-2H3;1-2H3. The number of amides is 2. The van der Waals surface area contributed by atoms with Crippen LogP contribution in [0, 0.1) is 118 Å². The fraction of sp³-hybridized carbons (Fsp3) is 0.333. The molecule has 9 heteroatoms. The molecule has 2 heterocycles. The van der Waals surface area contributed by atoms with Crippen molar-refractivity contribution in [2.75, 3.05) is 26.2 Å². The summed E-state index contributed by atoms with van der Waals surface area (Å²) in [6, 6.07) is 17.8. The molecule has 1 unspecified atom stereocenters. The lowest BCUT2D eigenvalue weighted by Gasteiger charge is -2.40. The number of nitrogens with zero attached hydrogens (tertiary/aromatic N) is 2. The number of benzene rings is 3. The van der Waals surface area contributed by atoms with Gasteiger partial charge in [-0.25, -0.2) is 4.39 Å². The Hall–Kier alpha value is -7.91. The molecule has 2 N–H and O–H groups in total. The zero-order valence-corrected chi connectivity index (χ0v) is 37.8. The molecule has 332 valence electrons. The number of ether oxygens (including phenoxy) is 2. The van der Waals surface area contributed by atoms with Crippen LogP contribution in [0.4, 0.5) is 4.39 Å². The lowest BCUT2D eigenvalue weighted by molar-refractivity contribution is -0.135. The number of carbonyl (C=O) groups is 2. The SMILES string of the molecule is CC#CC#CC#CC#CC#CC#CC#CC#CC#CC.CCC(CC)CC1(O)CCN(C(=O)Cc2cc(Oc3ccc(F)cc3)cc(Oc3ccc(C(=O)N4CCCC(O)C4)cc3)c2)CC1. The molecule has 0 aliphatic carbocycles. The van der Waals surface area contributed by atoms with E-state index in [0.29, 0.717) is 85.5 Å². The van der Waals surface area contributed by atoms with E-state index in [1.165, 1.54) is 24.3 Å². The minimum absolute atomic E-state index is 0.0415. The Kier molecular flexibility index (Phi) is 21.5. The molecule has 2 aliphatic heterocycles. The fourth-order valence-electron chi connectivity index (χ4n) is 6.95. The second-order valence-corrected chi connectivity index (χ2v) is 15.2. The van der Waals surface area contributed by atoms with Crippen LogP contribution in [0.5, 0.6) is 23.0 Å². The molecule has 3 aromatic rings. The minimum atomic E-state index is -0.730. The van der Waals surface area contributed by atoms with E-state index in [1.807, 2.05) is 4.90 Å². The van der Waals surface area contributed by atoms with Gasteiger partial charge in [-0.1, -0.05) is 38.5 Å². The van der Waals surface area contributed by atoms with E-state index >= 15 is 0 Å². The zero-order valence-electron chi connectivity index (χ0n) is 37.8. The molecule has 2 amide bonds. The first-order valence-corrected chi connectivity index (χ1v) is 21.7. The quantitative estimate of drug-likeness (QED) is 0.191. The Morgan fingerprint density at radius 1 is 0.667 bits per heavy atom. The normalized spacial score (nSPS) is 13.7. The molecule has 8 nitrogen and oxygen atoms in total. The van der Waals surface area contributed by atoms with Gasteiger partial charge in [0.05, 0.1) is 18.1 Å². The molecule has 2 saturated heterocycles. The van der Waals surface area contributed by atoms with Crippen LogP contribution in [0.15, 0.2) is 66.7 Å². The van der Waals surface area contributed by atoms with Crippen molar-refractivity contribution in [3.63, 3.8) is 0 Å². The zero-order chi connectivity index (χ0) is 47.4. The van der Waals surface area contributed by atoms with Crippen LogP contribution in [0.2, 0.25) is 0 Å². The lowest BCUT2D eigenvalue weighted by Crippen LogP contribution is -2.47. The molecule has 0 bridgehead atoms. The van der Waals surface area contributed by atoms with E-state index in [2.05, 4.69) is 120 Å². The smallest absolute Gasteiger partial charge is 0.253 e. The summed E-state index contributed by atoms with van der Waals surface area (Å²) in [6.07, 6.45) is 5.06. The van der Waals surface area contributed by atoms with Gasteiger partial charge in [-0.15, -0.1) is 0 Å². The number of carbonyl (C=O) groups excluding carboxylic acids is 2. The molecule has 3 aromatic carbocycles. The van der Waals surface area contributed by atoms with Crippen molar-refractivity contribution in [3.8, 4) is 130 Å². The van der Waals surface area contributed by atoms with Crippen LogP contribution in [-0.4, -0.2) is 69.7 Å². The molecule has 0 radical (unpaired) electrons. The van der Waals surface area contributed by atoms with E-state index < -0.39 is 11.7 Å². The van der Waals surface area contributed by atoms with Gasteiger partial charge in [-0.3, -0.25) is 9.59 Å². The number of likely N-dealkylation sites (tertiary alicyclic amines) is 2. The largest absolute Gasteiger partial charge is 0.457 e. The maximum atomic E-state index is 13.5. The van der Waals surface area contributed by atoms with Gasteiger partial charge in [0.15, 0.2) is 0 Å². The number of halogens is 1. The third-order valence-corrected chi connectivity index (χ3v) is 10.4. The van der Waals surface area contributed by atoms with E-state index in [9.17, 15) is 24.2 Å². The van der Waals surface area contributed by atoms with Gasteiger partial charge < -0.3 is 29.5 Å². The molecular weight excluding hydrogens is 828 g/mol. The second-order valence-electron chi connectivity index (χ2n) is 15.2. The van der Waals surface area contributed by atoms with Crippen LogP contribution in [-0.2, 0) is 11.2 Å². The molecule has 2 fully saturated rings. The van der Waals surface area contributed by atoms with E-state index in [-0.39, 0.29) is 24.1 Å². The molecule has 5 rings (SSSR count). The third kappa shape index (κ3) is 18.4. The highest BCUT2D eigenvalue weighted by Gasteiger charge is 2.35. The number of hydrogen-bond acceptors (Lipinski definition) is 6. The molecule has 0 spiro atoms. The van der Waals surface area contributed by atoms with E-state index in [1.54, 1.807) is 61.2 Å². The van der Waals surface area contributed by atoms with Gasteiger partial charge in [0.2, 0.25) is 5.91 Å². The van der Waals surface area contributed by atoms with Gasteiger partial charge in [0, 0.05) is 37.8 Å². The van der Waals surface area contributed by atoms with Gasteiger partial charge in [0.25, 0.3) is 5.91 Å². The predicted octanol–water partition coefficient (Wildman–Crippen LogP) is 7.79. The maximum Gasteiger partial charge on any atom is 0.253 e. The lowest BCUT2D eigenvalue weighted by atomic mass is 9.81. The van der Waals surface area contributed by atoms with Crippen molar-refractivity contribution < 1.29 is 33.7 Å². The number of β-amino-alcohol motifs (C(OH)–C–C–N with tert-alkyl or cyclic N) is 1. The van der Waals surface area contributed by atoms with Crippen LogP contribution < -0.4 is 9.47 Å². The van der Waals surface area contributed by atoms with Crippen molar-refractivity contribution in [2.24, 2.45) is 5.92 Å². The average molecular weight is 879 g/mol. The fourth-order valence-corrected chi connectivity index (χ4v) is 6.95. The monoisotopic (exact) mass is 878 g/mol. The van der Waals surface area contributed by atoms with Crippen molar-refractivity contribution in [2.45, 2.75) is 90.8 Å². The molecule has 0 saturated carbocycles. The van der Waals surface area contributed by atoms with Crippen molar-refractivity contribution in [1.29, 1.82) is 0 Å². The van der Waals surface area contributed by atoms with Crippen LogP contribution in [0.1, 0.15) is 88.6 Å². The Bertz CT molecular complexity index is 2670. The number of aliphatic hydroxyl groups excluding tert-OH is 1. The number of aliphatic hydroxyl groups is 2. The second kappa shape index (κ2) is 28.0. The first-order valence-electron chi connectivity index (χ1n) is 21.7. The van der Waals surface area contributed by atoms with Crippen molar-refractivity contribution >= 4 is 11.8 Å². The number of hydrogen-bond donors (Lipinski definition) is 2.